The maximum absolute atomic E-state index is 12.2. The number of carbonyl (C=O) groups is 2. The first-order valence-electron chi connectivity index (χ1n) is 8.89. The average Bonchev–Trinajstić information content (AvgIpc) is 3.22. The number of ether oxygens (including phenoxy) is 2. The highest BCUT2D eigenvalue weighted by molar-refractivity contribution is 9.10. The van der Waals surface area contributed by atoms with Gasteiger partial charge in [-0.25, -0.2) is 4.79 Å². The monoisotopic (exact) mass is 458 g/mol. The molecule has 0 saturated carbocycles. The van der Waals surface area contributed by atoms with E-state index in [9.17, 15) is 9.59 Å². The molecule has 3 aromatic rings. The number of benzene rings is 2. The highest BCUT2D eigenvalue weighted by Gasteiger charge is 2.22. The molecule has 0 bridgehead atoms. The van der Waals surface area contributed by atoms with E-state index in [-0.39, 0.29) is 30.5 Å². The highest BCUT2D eigenvalue weighted by Crippen LogP contribution is 2.33. The van der Waals surface area contributed by atoms with Crippen molar-refractivity contribution in [2.24, 2.45) is 0 Å². The summed E-state index contributed by atoms with van der Waals surface area (Å²) in [5.74, 6) is -0.473. The van der Waals surface area contributed by atoms with Gasteiger partial charge in [0.05, 0.1) is 6.61 Å². The van der Waals surface area contributed by atoms with Crippen LogP contribution in [0, 0.1) is 0 Å². The summed E-state index contributed by atoms with van der Waals surface area (Å²) >= 11 is 3.40. The molecule has 0 aliphatic rings. The van der Waals surface area contributed by atoms with Crippen molar-refractivity contribution >= 4 is 27.8 Å². The molecule has 1 amide bonds. The van der Waals surface area contributed by atoms with Gasteiger partial charge in [-0.2, -0.15) is 10.3 Å². The normalized spacial score (nSPS) is 10.4. The minimum atomic E-state index is -0.595. The van der Waals surface area contributed by atoms with Gasteiger partial charge in [-0.05, 0) is 30.7 Å². The number of halogens is 1. The molecule has 2 N–H and O–H groups in total. The molecule has 1 aromatic heterocycles. The van der Waals surface area contributed by atoms with E-state index in [4.69, 9.17) is 9.47 Å². The fourth-order valence-corrected chi connectivity index (χ4v) is 2.93. The minimum Gasteiger partial charge on any atom is -0.483 e. The van der Waals surface area contributed by atoms with Crippen LogP contribution < -0.4 is 10.1 Å². The zero-order chi connectivity index (χ0) is 20.6. The predicted octanol–water partition coefficient (Wildman–Crippen LogP) is 3.11. The second-order valence-corrected chi connectivity index (χ2v) is 6.85. The Kier molecular flexibility index (Phi) is 6.96. The summed E-state index contributed by atoms with van der Waals surface area (Å²) in [5.41, 5.74) is 1.83. The molecule has 0 spiro atoms. The fourth-order valence-electron chi connectivity index (χ4n) is 2.56. The van der Waals surface area contributed by atoms with Crippen LogP contribution in [0.4, 0.5) is 0 Å². The van der Waals surface area contributed by atoms with Gasteiger partial charge < -0.3 is 14.8 Å². The molecule has 0 aliphatic carbocycles. The standard InChI is InChI=1S/C20H19BrN4O4/c1-2-28-20(27)19-18(23-25-24-19)15-10-14(21)8-9-16(15)29-12-17(26)22-11-13-6-4-3-5-7-13/h3-10H,2,11-12H2,1H3,(H,22,26)(H,23,24,25). The van der Waals surface area contributed by atoms with Crippen LogP contribution in [0.3, 0.4) is 0 Å². The zero-order valence-electron chi connectivity index (χ0n) is 15.6. The quantitative estimate of drug-likeness (QED) is 0.502. The van der Waals surface area contributed by atoms with E-state index in [1.807, 2.05) is 30.3 Å². The Balaban J connectivity index is 1.72. The molecule has 0 fully saturated rings. The van der Waals surface area contributed by atoms with Crippen molar-refractivity contribution in [2.75, 3.05) is 13.2 Å². The van der Waals surface area contributed by atoms with Gasteiger partial charge in [0.25, 0.3) is 5.91 Å². The van der Waals surface area contributed by atoms with Gasteiger partial charge in [-0.1, -0.05) is 46.3 Å². The maximum atomic E-state index is 12.2. The van der Waals surface area contributed by atoms with Crippen LogP contribution in [0.1, 0.15) is 23.0 Å². The van der Waals surface area contributed by atoms with E-state index >= 15 is 0 Å². The maximum Gasteiger partial charge on any atom is 0.361 e. The topological polar surface area (TPSA) is 106 Å². The first-order valence-corrected chi connectivity index (χ1v) is 9.69. The summed E-state index contributed by atoms with van der Waals surface area (Å²) in [6.07, 6.45) is 0. The summed E-state index contributed by atoms with van der Waals surface area (Å²) < 4.78 is 11.5. The van der Waals surface area contributed by atoms with Crippen LogP contribution in [0.5, 0.6) is 5.75 Å². The van der Waals surface area contributed by atoms with Gasteiger partial charge in [0.15, 0.2) is 12.3 Å². The molecular formula is C20H19BrN4O4. The van der Waals surface area contributed by atoms with Gasteiger partial charge >= 0.3 is 5.97 Å². The van der Waals surface area contributed by atoms with Crippen molar-refractivity contribution < 1.29 is 19.1 Å². The van der Waals surface area contributed by atoms with Gasteiger partial charge in [-0.15, -0.1) is 5.10 Å². The fraction of sp³-hybridized carbons (Fsp3) is 0.200. The number of carbonyl (C=O) groups excluding carboxylic acids is 2. The third-order valence-corrected chi connectivity index (χ3v) is 4.40. The number of esters is 1. The van der Waals surface area contributed by atoms with E-state index in [1.165, 1.54) is 0 Å². The Morgan fingerprint density at radius 1 is 1.14 bits per heavy atom. The molecule has 8 nitrogen and oxygen atoms in total. The molecule has 150 valence electrons. The van der Waals surface area contributed by atoms with Gasteiger partial charge in [0.2, 0.25) is 0 Å². The molecule has 3 rings (SSSR count). The molecule has 29 heavy (non-hydrogen) atoms. The van der Waals surface area contributed by atoms with Crippen molar-refractivity contribution in [2.45, 2.75) is 13.5 Å². The number of aromatic nitrogens is 3. The van der Waals surface area contributed by atoms with Crippen LogP contribution >= 0.6 is 15.9 Å². The molecule has 0 atom stereocenters. The smallest absolute Gasteiger partial charge is 0.361 e. The number of hydrogen-bond acceptors (Lipinski definition) is 6. The van der Waals surface area contributed by atoms with E-state index in [0.29, 0.717) is 17.9 Å². The van der Waals surface area contributed by atoms with Crippen molar-refractivity contribution in [3.8, 4) is 17.0 Å². The lowest BCUT2D eigenvalue weighted by molar-refractivity contribution is -0.123. The van der Waals surface area contributed by atoms with E-state index < -0.39 is 5.97 Å². The Hall–Kier alpha value is -3.20. The Labute approximate surface area is 175 Å². The van der Waals surface area contributed by atoms with Crippen LogP contribution in [0.25, 0.3) is 11.3 Å². The van der Waals surface area contributed by atoms with Crippen molar-refractivity contribution in [1.29, 1.82) is 0 Å². The number of nitrogens with one attached hydrogen (secondary N) is 2. The molecule has 1 heterocycles. The Bertz CT molecular complexity index is 991. The second-order valence-electron chi connectivity index (χ2n) is 5.93. The molecule has 0 unspecified atom stereocenters. The van der Waals surface area contributed by atoms with E-state index in [1.54, 1.807) is 25.1 Å². The van der Waals surface area contributed by atoms with Gasteiger partial charge in [-0.3, -0.25) is 4.79 Å². The number of hydrogen-bond donors (Lipinski definition) is 2. The zero-order valence-corrected chi connectivity index (χ0v) is 17.2. The second kappa shape index (κ2) is 9.83. The molecule has 0 radical (unpaired) electrons. The third-order valence-electron chi connectivity index (χ3n) is 3.90. The van der Waals surface area contributed by atoms with Crippen LogP contribution in [-0.2, 0) is 16.1 Å². The van der Waals surface area contributed by atoms with Crippen molar-refractivity contribution in [3.63, 3.8) is 0 Å². The lowest BCUT2D eigenvalue weighted by Crippen LogP contribution is -2.28. The lowest BCUT2D eigenvalue weighted by atomic mass is 10.1. The summed E-state index contributed by atoms with van der Waals surface area (Å²) in [7, 11) is 0. The van der Waals surface area contributed by atoms with Crippen molar-refractivity contribution in [3.05, 3.63) is 64.3 Å². The number of nitrogens with zero attached hydrogens (tertiary/aromatic N) is 2. The number of rotatable bonds is 8. The highest BCUT2D eigenvalue weighted by atomic mass is 79.9. The van der Waals surface area contributed by atoms with Gasteiger partial charge in [0.1, 0.15) is 11.4 Å². The summed E-state index contributed by atoms with van der Waals surface area (Å²) in [4.78, 5) is 24.3. The largest absolute Gasteiger partial charge is 0.483 e. The molecule has 0 saturated heterocycles. The molecule has 9 heteroatoms. The lowest BCUT2D eigenvalue weighted by Gasteiger charge is -2.12. The van der Waals surface area contributed by atoms with Crippen molar-refractivity contribution in [1.82, 2.24) is 20.7 Å². The van der Waals surface area contributed by atoms with Crippen LogP contribution in [0.2, 0.25) is 0 Å². The third kappa shape index (κ3) is 5.41. The summed E-state index contributed by atoms with van der Waals surface area (Å²) in [6.45, 7) is 2.15. The Morgan fingerprint density at radius 3 is 2.69 bits per heavy atom. The number of aromatic amines is 1. The average molecular weight is 459 g/mol. The summed E-state index contributed by atoms with van der Waals surface area (Å²) in [6, 6.07) is 14.8. The number of H-pyrrole nitrogens is 1. The summed E-state index contributed by atoms with van der Waals surface area (Å²) in [5, 5.41) is 13.2. The van der Waals surface area contributed by atoms with Crippen LogP contribution in [-0.4, -0.2) is 40.5 Å². The predicted molar refractivity (Wildman–Crippen MR) is 109 cm³/mol. The number of amides is 1. The van der Waals surface area contributed by atoms with E-state index in [0.717, 1.165) is 10.0 Å². The Morgan fingerprint density at radius 2 is 1.93 bits per heavy atom. The molecule has 2 aromatic carbocycles. The SMILES string of the molecule is CCOC(=O)c1n[nH]nc1-c1cc(Br)ccc1OCC(=O)NCc1ccccc1. The first-order chi connectivity index (χ1) is 14.1. The molecular weight excluding hydrogens is 440 g/mol. The van der Waals surface area contributed by atoms with Crippen LogP contribution in [0.15, 0.2) is 53.0 Å². The first kappa shape index (κ1) is 20.5. The van der Waals surface area contributed by atoms with E-state index in [2.05, 4.69) is 36.7 Å². The van der Waals surface area contributed by atoms with Gasteiger partial charge in [0, 0.05) is 16.6 Å². The minimum absolute atomic E-state index is 0.0447. The molecule has 0 aliphatic heterocycles.